The first kappa shape index (κ1) is 19.8. The van der Waals surface area contributed by atoms with Crippen LogP contribution in [0.5, 0.6) is 0 Å². The van der Waals surface area contributed by atoms with Gasteiger partial charge in [0.1, 0.15) is 11.3 Å². The molecular formula is C24H24N4O2. The Morgan fingerprint density at radius 1 is 1.03 bits per heavy atom. The molecule has 2 heterocycles. The number of ether oxygens (including phenoxy) is 1. The van der Waals surface area contributed by atoms with Crippen molar-refractivity contribution < 1.29 is 9.53 Å². The molecule has 0 unspecified atom stereocenters. The molecule has 0 saturated carbocycles. The lowest BCUT2D eigenvalue weighted by Crippen LogP contribution is -2.25. The van der Waals surface area contributed by atoms with E-state index in [9.17, 15) is 4.79 Å². The van der Waals surface area contributed by atoms with Crippen molar-refractivity contribution in [2.24, 2.45) is 0 Å². The molecule has 0 atom stereocenters. The Labute approximate surface area is 175 Å². The molecule has 0 spiro atoms. The third-order valence-electron chi connectivity index (χ3n) is 4.79. The van der Waals surface area contributed by atoms with E-state index in [4.69, 9.17) is 9.72 Å². The van der Waals surface area contributed by atoms with Crippen LogP contribution in [0, 0.1) is 0 Å². The molecule has 0 radical (unpaired) electrons. The summed E-state index contributed by atoms with van der Waals surface area (Å²) in [5, 5.41) is 2.93. The van der Waals surface area contributed by atoms with Gasteiger partial charge in [-0.05, 0) is 49.7 Å². The van der Waals surface area contributed by atoms with Gasteiger partial charge < -0.3 is 10.1 Å². The van der Waals surface area contributed by atoms with Crippen LogP contribution in [0.1, 0.15) is 23.7 Å². The van der Waals surface area contributed by atoms with E-state index in [0.717, 1.165) is 34.7 Å². The zero-order valence-electron chi connectivity index (χ0n) is 16.9. The maximum atomic E-state index is 12.4. The second-order valence-corrected chi connectivity index (χ2v) is 6.84. The fourth-order valence-corrected chi connectivity index (χ4v) is 3.32. The molecule has 4 aromatic rings. The quantitative estimate of drug-likeness (QED) is 0.449. The van der Waals surface area contributed by atoms with Crippen LogP contribution in [0.4, 0.5) is 0 Å². The second kappa shape index (κ2) is 9.33. The van der Waals surface area contributed by atoms with Crippen LogP contribution >= 0.6 is 0 Å². The van der Waals surface area contributed by atoms with Crippen molar-refractivity contribution >= 4 is 17.1 Å². The molecule has 2 aromatic heterocycles. The number of rotatable bonds is 8. The van der Waals surface area contributed by atoms with Crippen molar-refractivity contribution in [2.75, 3.05) is 19.8 Å². The fraction of sp³-hybridized carbons (Fsp3) is 0.208. The van der Waals surface area contributed by atoms with Crippen LogP contribution in [0.25, 0.3) is 28.2 Å². The molecule has 0 fully saturated rings. The lowest BCUT2D eigenvalue weighted by Gasteiger charge is -2.10. The molecule has 6 nitrogen and oxygen atoms in total. The number of fused-ring (bicyclic) bond motifs is 1. The van der Waals surface area contributed by atoms with Gasteiger partial charge in [-0.25, -0.2) is 9.97 Å². The first-order valence-electron chi connectivity index (χ1n) is 10.1. The first-order chi connectivity index (χ1) is 14.8. The highest BCUT2D eigenvalue weighted by molar-refractivity contribution is 5.94. The molecule has 0 bridgehead atoms. The predicted molar refractivity (Wildman–Crippen MR) is 118 cm³/mol. The summed E-state index contributed by atoms with van der Waals surface area (Å²) in [5.41, 5.74) is 4.14. The molecule has 1 N–H and O–H groups in total. The van der Waals surface area contributed by atoms with Crippen molar-refractivity contribution in [3.63, 3.8) is 0 Å². The monoisotopic (exact) mass is 400 g/mol. The van der Waals surface area contributed by atoms with Gasteiger partial charge in [0.15, 0.2) is 5.65 Å². The van der Waals surface area contributed by atoms with Crippen LogP contribution in [0.2, 0.25) is 0 Å². The minimum atomic E-state index is -0.0880. The molecule has 1 amide bonds. The lowest BCUT2D eigenvalue weighted by atomic mass is 10.1. The third-order valence-corrected chi connectivity index (χ3v) is 4.79. The number of aromatic nitrogens is 3. The van der Waals surface area contributed by atoms with E-state index in [1.807, 2.05) is 78.2 Å². The lowest BCUT2D eigenvalue weighted by molar-refractivity contribution is 0.0944. The molecular weight excluding hydrogens is 376 g/mol. The fourth-order valence-electron chi connectivity index (χ4n) is 3.32. The topological polar surface area (TPSA) is 69.0 Å². The Balaban J connectivity index is 1.61. The number of hydrogen-bond acceptors (Lipinski definition) is 4. The number of carbonyl (C=O) groups excluding carboxylic acids is 1. The van der Waals surface area contributed by atoms with Gasteiger partial charge in [0.2, 0.25) is 0 Å². The average molecular weight is 400 g/mol. The second-order valence-electron chi connectivity index (χ2n) is 6.84. The molecule has 0 aliphatic carbocycles. The maximum absolute atomic E-state index is 12.4. The molecule has 6 heteroatoms. The van der Waals surface area contributed by atoms with Crippen LogP contribution in [0.15, 0.2) is 72.9 Å². The Kier molecular flexibility index (Phi) is 6.15. The standard InChI is InChI=1S/C24H24N4O2/c1-2-30-17-7-16-26-24(29)19-11-13-20(14-12-19)28-22(18-8-4-3-5-9-18)27-21-10-6-15-25-23(21)28/h3-6,8-15H,2,7,16-17H2,1H3,(H,26,29). The van der Waals surface area contributed by atoms with Crippen LogP contribution in [-0.2, 0) is 4.74 Å². The largest absolute Gasteiger partial charge is 0.382 e. The van der Waals surface area contributed by atoms with Crippen LogP contribution in [0.3, 0.4) is 0 Å². The van der Waals surface area contributed by atoms with E-state index in [1.54, 1.807) is 6.20 Å². The van der Waals surface area contributed by atoms with Gasteiger partial charge >= 0.3 is 0 Å². The van der Waals surface area contributed by atoms with Gasteiger partial charge in [0.05, 0.1) is 0 Å². The summed E-state index contributed by atoms with van der Waals surface area (Å²) >= 11 is 0. The smallest absolute Gasteiger partial charge is 0.251 e. The molecule has 4 rings (SSSR count). The number of nitrogens with one attached hydrogen (secondary N) is 1. The van der Waals surface area contributed by atoms with Crippen molar-refractivity contribution in [1.29, 1.82) is 0 Å². The number of pyridine rings is 1. The average Bonchev–Trinajstić information content (AvgIpc) is 3.19. The molecule has 0 aliphatic rings. The summed E-state index contributed by atoms with van der Waals surface area (Å²) in [5.74, 6) is 0.729. The first-order valence-corrected chi connectivity index (χ1v) is 10.1. The normalized spacial score (nSPS) is 11.0. The molecule has 2 aromatic carbocycles. The van der Waals surface area contributed by atoms with E-state index in [1.165, 1.54) is 0 Å². The van der Waals surface area contributed by atoms with Gasteiger partial charge in [-0.1, -0.05) is 30.3 Å². The minimum Gasteiger partial charge on any atom is -0.382 e. The van der Waals surface area contributed by atoms with Gasteiger partial charge in [0, 0.05) is 42.8 Å². The van der Waals surface area contributed by atoms with Gasteiger partial charge in [-0.3, -0.25) is 9.36 Å². The number of nitrogens with zero attached hydrogens (tertiary/aromatic N) is 3. The van der Waals surface area contributed by atoms with Crippen molar-refractivity contribution in [2.45, 2.75) is 13.3 Å². The van der Waals surface area contributed by atoms with Crippen molar-refractivity contribution in [3.05, 3.63) is 78.5 Å². The van der Waals surface area contributed by atoms with E-state index in [2.05, 4.69) is 10.3 Å². The summed E-state index contributed by atoms with van der Waals surface area (Å²) in [4.78, 5) is 21.7. The van der Waals surface area contributed by atoms with E-state index >= 15 is 0 Å². The highest BCUT2D eigenvalue weighted by atomic mass is 16.5. The van der Waals surface area contributed by atoms with Gasteiger partial charge in [-0.2, -0.15) is 0 Å². The van der Waals surface area contributed by atoms with Gasteiger partial charge in [0.25, 0.3) is 5.91 Å². The van der Waals surface area contributed by atoms with Crippen LogP contribution < -0.4 is 5.32 Å². The number of carbonyl (C=O) groups is 1. The summed E-state index contributed by atoms with van der Waals surface area (Å²) in [6.45, 7) is 3.90. The Morgan fingerprint density at radius 2 is 1.83 bits per heavy atom. The van der Waals surface area contributed by atoms with Crippen molar-refractivity contribution in [1.82, 2.24) is 19.9 Å². The number of hydrogen-bond donors (Lipinski definition) is 1. The zero-order chi connectivity index (χ0) is 20.8. The Morgan fingerprint density at radius 3 is 2.60 bits per heavy atom. The van der Waals surface area contributed by atoms with Crippen molar-refractivity contribution in [3.8, 4) is 17.1 Å². The Hall–Kier alpha value is -3.51. The van der Waals surface area contributed by atoms with Gasteiger partial charge in [-0.15, -0.1) is 0 Å². The van der Waals surface area contributed by atoms with E-state index in [0.29, 0.717) is 25.3 Å². The molecule has 0 saturated heterocycles. The minimum absolute atomic E-state index is 0.0880. The summed E-state index contributed by atoms with van der Waals surface area (Å²) in [6, 6.07) is 21.4. The van der Waals surface area contributed by atoms with E-state index in [-0.39, 0.29) is 5.91 Å². The third kappa shape index (κ3) is 4.23. The van der Waals surface area contributed by atoms with E-state index < -0.39 is 0 Å². The summed E-state index contributed by atoms with van der Waals surface area (Å²) < 4.78 is 7.32. The molecule has 152 valence electrons. The highest BCUT2D eigenvalue weighted by Crippen LogP contribution is 2.27. The number of benzene rings is 2. The Bertz CT molecular complexity index is 1120. The maximum Gasteiger partial charge on any atom is 0.251 e. The highest BCUT2D eigenvalue weighted by Gasteiger charge is 2.15. The predicted octanol–water partition coefficient (Wildman–Crippen LogP) is 4.24. The summed E-state index contributed by atoms with van der Waals surface area (Å²) in [6.07, 6.45) is 2.56. The number of imidazole rings is 1. The summed E-state index contributed by atoms with van der Waals surface area (Å²) in [7, 11) is 0. The molecule has 30 heavy (non-hydrogen) atoms. The SMILES string of the molecule is CCOCCCNC(=O)c1ccc(-n2c(-c3ccccc3)nc3cccnc32)cc1. The van der Waals surface area contributed by atoms with Crippen LogP contribution in [-0.4, -0.2) is 40.2 Å². The molecule has 0 aliphatic heterocycles. The number of amides is 1. The zero-order valence-corrected chi connectivity index (χ0v) is 16.9.